The van der Waals surface area contributed by atoms with Crippen LogP contribution in [0.5, 0.6) is 0 Å². The molecule has 1 atom stereocenters. The Bertz CT molecular complexity index is 652. The minimum atomic E-state index is -0.373. The molecule has 2 rings (SSSR count). The third-order valence-corrected chi connectivity index (χ3v) is 3.72. The molecule has 2 aromatic rings. The van der Waals surface area contributed by atoms with E-state index in [1.165, 1.54) is 6.07 Å². The number of hydrogen-bond donors (Lipinski definition) is 1. The van der Waals surface area contributed by atoms with Gasteiger partial charge in [0.05, 0.1) is 11.6 Å². The first-order valence-corrected chi connectivity index (χ1v) is 7.20. The van der Waals surface area contributed by atoms with Crippen LogP contribution in [0.1, 0.15) is 29.2 Å². The fourth-order valence-electron chi connectivity index (χ4n) is 2.56. The molecular formula is C18H19FN2O. The molecule has 0 fully saturated rings. The van der Waals surface area contributed by atoms with Crippen LogP contribution in [0.15, 0.2) is 48.5 Å². The molecule has 0 saturated heterocycles. The Kier molecular flexibility index (Phi) is 5.65. The van der Waals surface area contributed by atoms with Crippen LogP contribution < -0.4 is 0 Å². The van der Waals surface area contributed by atoms with E-state index in [4.69, 9.17) is 5.26 Å². The van der Waals surface area contributed by atoms with Crippen molar-refractivity contribution in [1.29, 1.82) is 5.26 Å². The van der Waals surface area contributed by atoms with Crippen LogP contribution in [0.25, 0.3) is 0 Å². The molecule has 0 amide bonds. The number of nitriles is 1. The SMILES string of the molecule is CN(Cc1ccc(C#N)cc1F)C(CCO)c1ccccc1. The smallest absolute Gasteiger partial charge is 0.129 e. The van der Waals surface area contributed by atoms with Crippen LogP contribution >= 0.6 is 0 Å². The van der Waals surface area contributed by atoms with Crippen LogP contribution in [-0.2, 0) is 6.54 Å². The summed E-state index contributed by atoms with van der Waals surface area (Å²) in [4.78, 5) is 2.01. The molecule has 0 aliphatic rings. The van der Waals surface area contributed by atoms with Gasteiger partial charge in [0.2, 0.25) is 0 Å². The second-order valence-electron chi connectivity index (χ2n) is 5.27. The maximum absolute atomic E-state index is 14.0. The molecule has 1 N–H and O–H groups in total. The first-order chi connectivity index (χ1) is 10.7. The maximum Gasteiger partial charge on any atom is 0.129 e. The van der Waals surface area contributed by atoms with Gasteiger partial charge in [-0.1, -0.05) is 36.4 Å². The molecule has 3 nitrogen and oxygen atoms in total. The van der Waals surface area contributed by atoms with Gasteiger partial charge in [-0.15, -0.1) is 0 Å². The van der Waals surface area contributed by atoms with E-state index in [0.29, 0.717) is 24.1 Å². The standard InChI is InChI=1S/C18H19FN2O/c1-21(13-16-8-7-14(12-20)11-17(16)19)18(9-10-22)15-5-3-2-4-6-15/h2-8,11,18,22H,9-10,13H2,1H3. The predicted molar refractivity (Wildman–Crippen MR) is 83.5 cm³/mol. The quantitative estimate of drug-likeness (QED) is 0.890. The molecule has 2 aromatic carbocycles. The van der Waals surface area contributed by atoms with Crippen molar-refractivity contribution >= 4 is 0 Å². The number of aliphatic hydroxyl groups is 1. The third-order valence-electron chi connectivity index (χ3n) is 3.72. The molecule has 0 bridgehead atoms. The van der Waals surface area contributed by atoms with Crippen molar-refractivity contribution < 1.29 is 9.50 Å². The van der Waals surface area contributed by atoms with E-state index in [1.807, 2.05) is 48.3 Å². The normalized spacial score (nSPS) is 12.1. The van der Waals surface area contributed by atoms with Crippen LogP contribution in [0.3, 0.4) is 0 Å². The molecule has 0 spiro atoms. The summed E-state index contributed by atoms with van der Waals surface area (Å²) in [6, 6.07) is 16.3. The van der Waals surface area contributed by atoms with Crippen LogP contribution in [0.2, 0.25) is 0 Å². The Labute approximate surface area is 130 Å². The zero-order valence-electron chi connectivity index (χ0n) is 12.5. The average Bonchev–Trinajstić information content (AvgIpc) is 2.55. The van der Waals surface area contributed by atoms with Gasteiger partial charge in [0.25, 0.3) is 0 Å². The Balaban J connectivity index is 2.18. The van der Waals surface area contributed by atoms with Crippen molar-refractivity contribution in [2.45, 2.75) is 19.0 Å². The monoisotopic (exact) mass is 298 g/mol. The van der Waals surface area contributed by atoms with Gasteiger partial charge in [-0.05, 0) is 31.2 Å². The van der Waals surface area contributed by atoms with E-state index in [2.05, 4.69) is 0 Å². The summed E-state index contributed by atoms with van der Waals surface area (Å²) in [6.45, 7) is 0.483. The highest BCUT2D eigenvalue weighted by atomic mass is 19.1. The Morgan fingerprint density at radius 2 is 1.95 bits per heavy atom. The number of hydrogen-bond acceptors (Lipinski definition) is 3. The van der Waals surface area contributed by atoms with E-state index in [9.17, 15) is 9.50 Å². The second-order valence-corrected chi connectivity index (χ2v) is 5.27. The summed E-state index contributed by atoms with van der Waals surface area (Å²) in [5.41, 5.74) is 1.95. The summed E-state index contributed by atoms with van der Waals surface area (Å²) in [5, 5.41) is 18.1. The summed E-state index contributed by atoms with van der Waals surface area (Å²) in [6.07, 6.45) is 0.582. The highest BCUT2D eigenvalue weighted by molar-refractivity contribution is 5.33. The Morgan fingerprint density at radius 1 is 1.23 bits per heavy atom. The van der Waals surface area contributed by atoms with E-state index < -0.39 is 0 Å². The summed E-state index contributed by atoms with van der Waals surface area (Å²) in [7, 11) is 1.91. The second kappa shape index (κ2) is 7.69. The minimum absolute atomic E-state index is 0.0150. The lowest BCUT2D eigenvalue weighted by molar-refractivity contribution is 0.178. The Morgan fingerprint density at radius 3 is 2.55 bits per heavy atom. The van der Waals surface area contributed by atoms with E-state index >= 15 is 0 Å². The molecule has 0 radical (unpaired) electrons. The van der Waals surface area contributed by atoms with Gasteiger partial charge in [-0.3, -0.25) is 4.90 Å². The highest BCUT2D eigenvalue weighted by Gasteiger charge is 2.18. The molecule has 0 saturated carbocycles. The molecule has 1 unspecified atom stereocenters. The molecule has 0 aromatic heterocycles. The number of nitrogens with zero attached hydrogens (tertiary/aromatic N) is 2. The van der Waals surface area contributed by atoms with Crippen molar-refractivity contribution in [2.24, 2.45) is 0 Å². The minimum Gasteiger partial charge on any atom is -0.396 e. The average molecular weight is 298 g/mol. The van der Waals surface area contributed by atoms with Gasteiger partial charge in [0.15, 0.2) is 0 Å². The molecule has 4 heteroatoms. The topological polar surface area (TPSA) is 47.3 Å². The van der Waals surface area contributed by atoms with Gasteiger partial charge < -0.3 is 5.11 Å². The van der Waals surface area contributed by atoms with Gasteiger partial charge in [0, 0.05) is 24.8 Å². The van der Waals surface area contributed by atoms with Crippen molar-refractivity contribution in [1.82, 2.24) is 4.90 Å². The summed E-state index contributed by atoms with van der Waals surface area (Å²) in [5.74, 6) is -0.373. The molecular weight excluding hydrogens is 279 g/mol. The lowest BCUT2D eigenvalue weighted by Crippen LogP contribution is -2.25. The number of halogens is 1. The fraction of sp³-hybridized carbons (Fsp3) is 0.278. The largest absolute Gasteiger partial charge is 0.396 e. The van der Waals surface area contributed by atoms with Gasteiger partial charge in [-0.25, -0.2) is 4.39 Å². The van der Waals surface area contributed by atoms with Crippen LogP contribution in [0, 0.1) is 17.1 Å². The Hall–Kier alpha value is -2.22. The number of rotatable bonds is 6. The molecule has 0 heterocycles. The molecule has 0 aliphatic carbocycles. The third kappa shape index (κ3) is 3.91. The molecule has 114 valence electrons. The summed E-state index contributed by atoms with van der Waals surface area (Å²) < 4.78 is 14.0. The predicted octanol–water partition coefficient (Wildman–Crippen LogP) is 3.25. The number of aliphatic hydroxyl groups excluding tert-OH is 1. The maximum atomic E-state index is 14.0. The van der Waals surface area contributed by atoms with Crippen molar-refractivity contribution in [2.75, 3.05) is 13.7 Å². The van der Waals surface area contributed by atoms with Crippen LogP contribution in [-0.4, -0.2) is 23.7 Å². The number of benzene rings is 2. The summed E-state index contributed by atoms with van der Waals surface area (Å²) >= 11 is 0. The van der Waals surface area contributed by atoms with E-state index in [1.54, 1.807) is 12.1 Å². The van der Waals surface area contributed by atoms with Gasteiger partial charge in [-0.2, -0.15) is 5.26 Å². The lowest BCUT2D eigenvalue weighted by Gasteiger charge is -2.28. The first kappa shape index (κ1) is 16.2. The zero-order chi connectivity index (χ0) is 15.9. The zero-order valence-corrected chi connectivity index (χ0v) is 12.5. The van der Waals surface area contributed by atoms with Crippen molar-refractivity contribution in [3.8, 4) is 6.07 Å². The molecule has 22 heavy (non-hydrogen) atoms. The molecule has 0 aliphatic heterocycles. The highest BCUT2D eigenvalue weighted by Crippen LogP contribution is 2.25. The first-order valence-electron chi connectivity index (χ1n) is 7.20. The lowest BCUT2D eigenvalue weighted by atomic mass is 10.0. The van der Waals surface area contributed by atoms with Crippen molar-refractivity contribution in [3.05, 3.63) is 71.0 Å². The van der Waals surface area contributed by atoms with Crippen LogP contribution in [0.4, 0.5) is 4.39 Å². The van der Waals surface area contributed by atoms with Gasteiger partial charge >= 0.3 is 0 Å². The van der Waals surface area contributed by atoms with Crippen molar-refractivity contribution in [3.63, 3.8) is 0 Å². The fourth-order valence-corrected chi connectivity index (χ4v) is 2.56. The van der Waals surface area contributed by atoms with E-state index in [-0.39, 0.29) is 18.5 Å². The van der Waals surface area contributed by atoms with Gasteiger partial charge in [0.1, 0.15) is 5.82 Å². The van der Waals surface area contributed by atoms with E-state index in [0.717, 1.165) is 5.56 Å².